The molecule has 1 aliphatic carbocycles. The summed E-state index contributed by atoms with van der Waals surface area (Å²) in [7, 11) is 0. The summed E-state index contributed by atoms with van der Waals surface area (Å²) in [6.45, 7) is 1.10. The highest BCUT2D eigenvalue weighted by molar-refractivity contribution is 6.30. The van der Waals surface area contributed by atoms with Crippen LogP contribution in [0.4, 0.5) is 0 Å². The Kier molecular flexibility index (Phi) is 3.07. The number of hydrogen-bond donors (Lipinski definition) is 1. The zero-order chi connectivity index (χ0) is 12.5. The van der Waals surface area contributed by atoms with Crippen molar-refractivity contribution in [3.05, 3.63) is 34.6 Å². The van der Waals surface area contributed by atoms with E-state index >= 15 is 0 Å². The van der Waals surface area contributed by atoms with Gasteiger partial charge in [-0.3, -0.25) is 0 Å². The number of aromatic nitrogens is 1. The second-order valence-corrected chi connectivity index (χ2v) is 5.31. The van der Waals surface area contributed by atoms with E-state index in [1.807, 2.05) is 6.07 Å². The van der Waals surface area contributed by atoms with Crippen molar-refractivity contribution in [1.29, 1.82) is 5.26 Å². The zero-order valence-electron chi connectivity index (χ0n) is 9.99. The third kappa shape index (κ3) is 2.03. The third-order valence-electron chi connectivity index (χ3n) is 3.83. The number of nitriles is 1. The topological polar surface area (TPSA) is 48.7 Å². The standard InChI is InChI=1S/C14H14ClN3/c15-14-11(7-16)5-12(8-18-14)10-4-9-2-1-3-17-13(9)6-10/h5-6,8-9,13,17H,1-4H2/t9-,13+/m0/s1. The van der Waals surface area contributed by atoms with Crippen LogP contribution in [0.2, 0.25) is 5.15 Å². The number of hydrogen-bond acceptors (Lipinski definition) is 3. The summed E-state index contributed by atoms with van der Waals surface area (Å²) in [5.41, 5.74) is 2.78. The van der Waals surface area contributed by atoms with Gasteiger partial charge in [-0.05, 0) is 48.9 Å². The van der Waals surface area contributed by atoms with E-state index in [1.165, 1.54) is 18.4 Å². The van der Waals surface area contributed by atoms with Crippen molar-refractivity contribution in [2.45, 2.75) is 25.3 Å². The minimum Gasteiger partial charge on any atom is -0.310 e. The lowest BCUT2D eigenvalue weighted by Gasteiger charge is -2.25. The van der Waals surface area contributed by atoms with Crippen LogP contribution in [0.15, 0.2) is 18.3 Å². The molecule has 3 rings (SSSR count). The molecule has 0 unspecified atom stereocenters. The molecule has 1 aromatic rings. The Morgan fingerprint density at radius 2 is 2.39 bits per heavy atom. The number of fused-ring (bicyclic) bond motifs is 1. The Bertz CT molecular complexity index is 544. The molecule has 92 valence electrons. The Balaban J connectivity index is 1.90. The summed E-state index contributed by atoms with van der Waals surface area (Å²) >= 11 is 5.86. The first kappa shape index (κ1) is 11.7. The zero-order valence-corrected chi connectivity index (χ0v) is 10.7. The highest BCUT2D eigenvalue weighted by Gasteiger charge is 2.30. The fourth-order valence-electron chi connectivity index (χ4n) is 2.89. The van der Waals surface area contributed by atoms with Crippen molar-refractivity contribution in [3.8, 4) is 6.07 Å². The molecule has 0 saturated carbocycles. The molecule has 0 spiro atoms. The van der Waals surface area contributed by atoms with Gasteiger partial charge < -0.3 is 5.32 Å². The fraction of sp³-hybridized carbons (Fsp3) is 0.429. The minimum absolute atomic E-state index is 0.287. The summed E-state index contributed by atoms with van der Waals surface area (Å²) in [6, 6.07) is 4.43. The maximum atomic E-state index is 8.99. The Labute approximate surface area is 111 Å². The van der Waals surface area contributed by atoms with Crippen LogP contribution >= 0.6 is 11.6 Å². The van der Waals surface area contributed by atoms with Gasteiger partial charge in [0.25, 0.3) is 0 Å². The van der Waals surface area contributed by atoms with Crippen molar-refractivity contribution < 1.29 is 0 Å². The summed E-state index contributed by atoms with van der Waals surface area (Å²) in [5, 5.41) is 12.8. The summed E-state index contributed by atoms with van der Waals surface area (Å²) < 4.78 is 0. The van der Waals surface area contributed by atoms with E-state index in [-0.39, 0.29) is 5.15 Å². The van der Waals surface area contributed by atoms with E-state index in [0.717, 1.165) is 18.5 Å². The number of allylic oxidation sites excluding steroid dienone is 1. The van der Waals surface area contributed by atoms with Gasteiger partial charge in [-0.15, -0.1) is 0 Å². The van der Waals surface area contributed by atoms with Crippen LogP contribution in [0, 0.1) is 17.2 Å². The van der Waals surface area contributed by atoms with Crippen molar-refractivity contribution in [1.82, 2.24) is 10.3 Å². The first-order valence-electron chi connectivity index (χ1n) is 6.28. The van der Waals surface area contributed by atoms with Crippen molar-refractivity contribution in [2.24, 2.45) is 5.92 Å². The molecule has 1 N–H and O–H groups in total. The van der Waals surface area contributed by atoms with E-state index in [0.29, 0.717) is 17.5 Å². The monoisotopic (exact) mass is 259 g/mol. The van der Waals surface area contributed by atoms with Crippen LogP contribution in [-0.2, 0) is 0 Å². The molecule has 1 fully saturated rings. The number of rotatable bonds is 1. The molecule has 2 atom stereocenters. The van der Waals surface area contributed by atoms with E-state index in [2.05, 4.69) is 22.4 Å². The van der Waals surface area contributed by atoms with Crippen molar-refractivity contribution >= 4 is 17.2 Å². The Hall–Kier alpha value is -1.37. The molecule has 2 heterocycles. The second kappa shape index (κ2) is 4.72. The van der Waals surface area contributed by atoms with Gasteiger partial charge in [0.2, 0.25) is 0 Å². The smallest absolute Gasteiger partial charge is 0.146 e. The van der Waals surface area contributed by atoms with Crippen LogP contribution in [0.1, 0.15) is 30.4 Å². The number of nitrogens with one attached hydrogen (secondary N) is 1. The van der Waals surface area contributed by atoms with Gasteiger partial charge >= 0.3 is 0 Å². The van der Waals surface area contributed by atoms with E-state index < -0.39 is 0 Å². The Morgan fingerprint density at radius 3 is 3.17 bits per heavy atom. The molecule has 0 bridgehead atoms. The molecule has 0 radical (unpaired) electrons. The lowest BCUT2D eigenvalue weighted by Crippen LogP contribution is -2.37. The molecule has 2 aliphatic rings. The molecule has 1 saturated heterocycles. The van der Waals surface area contributed by atoms with Crippen LogP contribution in [0.3, 0.4) is 0 Å². The first-order chi connectivity index (χ1) is 8.78. The number of piperidine rings is 1. The predicted molar refractivity (Wildman–Crippen MR) is 71.1 cm³/mol. The van der Waals surface area contributed by atoms with Crippen molar-refractivity contribution in [2.75, 3.05) is 6.54 Å². The van der Waals surface area contributed by atoms with Gasteiger partial charge in [-0.2, -0.15) is 5.26 Å². The minimum atomic E-state index is 0.287. The van der Waals surface area contributed by atoms with Gasteiger partial charge in [0, 0.05) is 12.2 Å². The third-order valence-corrected chi connectivity index (χ3v) is 4.13. The summed E-state index contributed by atoms with van der Waals surface area (Å²) in [6.07, 6.45) is 7.67. The molecule has 0 amide bonds. The maximum Gasteiger partial charge on any atom is 0.146 e. The molecular formula is C14H14ClN3. The SMILES string of the molecule is N#Cc1cc(C2=C[C@H]3NCCC[C@H]3C2)cnc1Cl. The van der Waals surface area contributed by atoms with Crippen LogP contribution < -0.4 is 5.32 Å². The number of halogens is 1. The number of nitrogens with zero attached hydrogens (tertiary/aromatic N) is 2. The average molecular weight is 260 g/mol. The van der Waals surface area contributed by atoms with E-state index in [1.54, 1.807) is 6.20 Å². The first-order valence-corrected chi connectivity index (χ1v) is 6.66. The van der Waals surface area contributed by atoms with Gasteiger partial charge in [-0.25, -0.2) is 4.98 Å². The molecular weight excluding hydrogens is 246 g/mol. The van der Waals surface area contributed by atoms with Gasteiger partial charge in [0.1, 0.15) is 11.2 Å². The lowest BCUT2D eigenvalue weighted by molar-refractivity contribution is 0.341. The van der Waals surface area contributed by atoms with Crippen LogP contribution in [0.5, 0.6) is 0 Å². The molecule has 18 heavy (non-hydrogen) atoms. The van der Waals surface area contributed by atoms with E-state index in [9.17, 15) is 0 Å². The molecule has 0 aromatic carbocycles. The molecule has 1 aliphatic heterocycles. The Morgan fingerprint density at radius 1 is 1.50 bits per heavy atom. The van der Waals surface area contributed by atoms with Gasteiger partial charge in [-0.1, -0.05) is 17.7 Å². The maximum absolute atomic E-state index is 8.99. The second-order valence-electron chi connectivity index (χ2n) is 4.95. The van der Waals surface area contributed by atoms with Crippen LogP contribution in [0.25, 0.3) is 5.57 Å². The molecule has 3 nitrogen and oxygen atoms in total. The van der Waals surface area contributed by atoms with Crippen LogP contribution in [-0.4, -0.2) is 17.6 Å². The largest absolute Gasteiger partial charge is 0.310 e. The molecule has 4 heteroatoms. The summed E-state index contributed by atoms with van der Waals surface area (Å²) in [5.74, 6) is 0.704. The average Bonchev–Trinajstić information content (AvgIpc) is 2.83. The van der Waals surface area contributed by atoms with Gasteiger partial charge in [0.05, 0.1) is 5.56 Å². The normalized spacial score (nSPS) is 26.3. The highest BCUT2D eigenvalue weighted by atomic mass is 35.5. The quantitative estimate of drug-likeness (QED) is 0.789. The predicted octanol–water partition coefficient (Wildman–Crippen LogP) is 2.76. The summed E-state index contributed by atoms with van der Waals surface area (Å²) in [4.78, 5) is 4.09. The number of pyridine rings is 1. The van der Waals surface area contributed by atoms with Crippen molar-refractivity contribution in [3.63, 3.8) is 0 Å². The molecule has 1 aromatic heterocycles. The fourth-order valence-corrected chi connectivity index (χ4v) is 3.03. The lowest BCUT2D eigenvalue weighted by atomic mass is 9.92. The highest BCUT2D eigenvalue weighted by Crippen LogP contribution is 2.37. The van der Waals surface area contributed by atoms with E-state index in [4.69, 9.17) is 16.9 Å². The van der Waals surface area contributed by atoms with Gasteiger partial charge in [0.15, 0.2) is 0 Å².